The highest BCUT2D eigenvalue weighted by Gasteiger charge is 2.29. The molecule has 1 aromatic carbocycles. The van der Waals surface area contributed by atoms with Crippen LogP contribution in [0.3, 0.4) is 0 Å². The molecule has 0 aliphatic heterocycles. The van der Waals surface area contributed by atoms with E-state index in [1.165, 1.54) is 11.3 Å². The predicted molar refractivity (Wildman–Crippen MR) is 131 cm³/mol. The fourth-order valence-electron chi connectivity index (χ4n) is 4.65. The molecule has 2 amide bonds. The molecule has 2 heterocycles. The van der Waals surface area contributed by atoms with E-state index < -0.39 is 17.2 Å². The van der Waals surface area contributed by atoms with Crippen LogP contribution < -0.4 is 10.7 Å². The monoisotopic (exact) mass is 474 g/mol. The van der Waals surface area contributed by atoms with Crippen LogP contribution in [0.15, 0.2) is 58.1 Å². The zero-order valence-corrected chi connectivity index (χ0v) is 19.9. The number of hydrogen-bond acceptors (Lipinski definition) is 5. The molecule has 0 bridgehead atoms. The molecular formula is C27H30N4O4. The minimum absolute atomic E-state index is 0.00229. The van der Waals surface area contributed by atoms with E-state index in [4.69, 9.17) is 4.52 Å². The van der Waals surface area contributed by atoms with Crippen LogP contribution in [-0.4, -0.2) is 39.5 Å². The number of nitrogens with zero attached hydrogens (tertiary/aromatic N) is 3. The van der Waals surface area contributed by atoms with Gasteiger partial charge in [0, 0.05) is 43.2 Å². The van der Waals surface area contributed by atoms with Crippen LogP contribution in [0.25, 0.3) is 11.3 Å². The van der Waals surface area contributed by atoms with Crippen molar-refractivity contribution in [3.05, 3.63) is 75.8 Å². The van der Waals surface area contributed by atoms with Crippen LogP contribution in [0, 0.1) is 0 Å². The molecule has 35 heavy (non-hydrogen) atoms. The average Bonchev–Trinajstić information content (AvgIpc) is 3.63. The van der Waals surface area contributed by atoms with Crippen molar-refractivity contribution in [1.82, 2.24) is 19.9 Å². The highest BCUT2D eigenvalue weighted by atomic mass is 16.5. The van der Waals surface area contributed by atoms with Gasteiger partial charge in [0.2, 0.25) is 5.43 Å². The van der Waals surface area contributed by atoms with Gasteiger partial charge < -0.3 is 19.3 Å². The summed E-state index contributed by atoms with van der Waals surface area (Å²) in [6.07, 6.45) is 10.3. The van der Waals surface area contributed by atoms with Gasteiger partial charge in [-0.25, -0.2) is 0 Å². The lowest BCUT2D eigenvalue weighted by atomic mass is 9.95. The Kier molecular flexibility index (Phi) is 6.53. The summed E-state index contributed by atoms with van der Waals surface area (Å²) in [4.78, 5) is 41.1. The highest BCUT2D eigenvalue weighted by molar-refractivity contribution is 5.99. The molecule has 0 unspecified atom stereocenters. The molecule has 2 fully saturated rings. The molecule has 2 aliphatic carbocycles. The van der Waals surface area contributed by atoms with E-state index in [1.807, 2.05) is 34.9 Å². The summed E-state index contributed by atoms with van der Waals surface area (Å²) in [5, 5.41) is 7.10. The molecule has 0 atom stereocenters. The number of rotatable bonds is 7. The summed E-state index contributed by atoms with van der Waals surface area (Å²) in [5.41, 5.74) is 0.979. The number of carbonyl (C=O) groups excluding carboxylic acids is 2. The maximum absolute atomic E-state index is 13.3. The molecule has 8 nitrogen and oxygen atoms in total. The van der Waals surface area contributed by atoms with Crippen molar-refractivity contribution in [1.29, 1.82) is 0 Å². The van der Waals surface area contributed by atoms with Gasteiger partial charge in [0.25, 0.3) is 11.8 Å². The first-order valence-electron chi connectivity index (χ1n) is 12.3. The lowest BCUT2D eigenvalue weighted by Gasteiger charge is -2.23. The molecule has 0 radical (unpaired) electrons. The van der Waals surface area contributed by atoms with Crippen molar-refractivity contribution in [2.24, 2.45) is 0 Å². The van der Waals surface area contributed by atoms with Crippen molar-refractivity contribution in [2.45, 2.75) is 63.6 Å². The Labute approximate surface area is 203 Å². The normalized spacial score (nSPS) is 16.1. The standard InChI is InChI=1S/C27H30N4O4/c1-30(15-20-14-24(35-29-20)18-8-4-2-5-9-18)27(34)23-17-31(21-12-13-21)16-22(25(23)32)26(33)28-19-10-6-3-7-11-19/h2,4-5,8-9,14,16-17,19,21H,3,6-7,10-13,15H2,1H3,(H,28,33). The maximum atomic E-state index is 13.3. The summed E-state index contributed by atoms with van der Waals surface area (Å²) < 4.78 is 7.28. The van der Waals surface area contributed by atoms with Crippen LogP contribution in [0.5, 0.6) is 0 Å². The van der Waals surface area contributed by atoms with Crippen molar-refractivity contribution < 1.29 is 14.1 Å². The lowest BCUT2D eigenvalue weighted by molar-refractivity contribution is 0.0780. The molecule has 1 N–H and O–H groups in total. The second kappa shape index (κ2) is 9.90. The fraction of sp³-hybridized carbons (Fsp3) is 0.407. The maximum Gasteiger partial charge on any atom is 0.259 e. The van der Waals surface area contributed by atoms with Gasteiger partial charge in [-0.05, 0) is 25.7 Å². The molecule has 3 aromatic rings. The van der Waals surface area contributed by atoms with E-state index >= 15 is 0 Å². The van der Waals surface area contributed by atoms with E-state index in [2.05, 4.69) is 10.5 Å². The Balaban J connectivity index is 1.36. The third kappa shape index (κ3) is 5.21. The number of benzene rings is 1. The SMILES string of the molecule is CN(Cc1cc(-c2ccccc2)on1)C(=O)c1cn(C2CC2)cc(C(=O)NC2CCCCC2)c1=O. The second-order valence-corrected chi connectivity index (χ2v) is 9.61. The van der Waals surface area contributed by atoms with Crippen LogP contribution in [0.1, 0.15) is 77.4 Å². The van der Waals surface area contributed by atoms with Gasteiger partial charge in [-0.2, -0.15) is 0 Å². The van der Waals surface area contributed by atoms with Gasteiger partial charge in [0.1, 0.15) is 16.8 Å². The van der Waals surface area contributed by atoms with Gasteiger partial charge in [0.15, 0.2) is 5.76 Å². The number of amides is 2. The quantitative estimate of drug-likeness (QED) is 0.554. The Bertz CT molecular complexity index is 1270. The molecular weight excluding hydrogens is 444 g/mol. The van der Waals surface area contributed by atoms with Gasteiger partial charge in [-0.3, -0.25) is 14.4 Å². The minimum atomic E-state index is -0.530. The average molecular weight is 475 g/mol. The number of carbonyl (C=O) groups is 2. The van der Waals surface area contributed by atoms with Crippen molar-refractivity contribution in [2.75, 3.05) is 7.05 Å². The zero-order chi connectivity index (χ0) is 24.4. The van der Waals surface area contributed by atoms with Crippen LogP contribution in [0.2, 0.25) is 0 Å². The zero-order valence-electron chi connectivity index (χ0n) is 19.9. The molecule has 2 aliphatic rings. The number of aromatic nitrogens is 2. The summed E-state index contributed by atoms with van der Waals surface area (Å²) in [6, 6.07) is 11.7. The molecule has 8 heteroatoms. The Hall–Kier alpha value is -3.68. The van der Waals surface area contributed by atoms with E-state index in [0.29, 0.717) is 11.5 Å². The second-order valence-electron chi connectivity index (χ2n) is 9.61. The van der Waals surface area contributed by atoms with E-state index in [1.54, 1.807) is 25.5 Å². The summed E-state index contributed by atoms with van der Waals surface area (Å²) in [6.45, 7) is 0.177. The number of nitrogens with one attached hydrogen (secondary N) is 1. The molecule has 2 aromatic heterocycles. The van der Waals surface area contributed by atoms with Crippen LogP contribution >= 0.6 is 0 Å². The first-order chi connectivity index (χ1) is 17.0. The van der Waals surface area contributed by atoms with E-state index in [0.717, 1.165) is 44.1 Å². The number of hydrogen-bond donors (Lipinski definition) is 1. The van der Waals surface area contributed by atoms with Gasteiger partial charge in [-0.1, -0.05) is 54.8 Å². The number of pyridine rings is 1. The molecule has 0 spiro atoms. The third-order valence-electron chi connectivity index (χ3n) is 6.79. The van der Waals surface area contributed by atoms with Crippen molar-refractivity contribution in [3.8, 4) is 11.3 Å². The van der Waals surface area contributed by atoms with Crippen molar-refractivity contribution in [3.63, 3.8) is 0 Å². The topological polar surface area (TPSA) is 97.4 Å². The molecule has 2 saturated carbocycles. The Morgan fingerprint density at radius 1 is 1.06 bits per heavy atom. The minimum Gasteiger partial charge on any atom is -0.356 e. The first kappa shape index (κ1) is 23.1. The fourth-order valence-corrected chi connectivity index (χ4v) is 4.65. The van der Waals surface area contributed by atoms with Crippen molar-refractivity contribution >= 4 is 11.8 Å². The van der Waals surface area contributed by atoms with E-state index in [9.17, 15) is 14.4 Å². The lowest BCUT2D eigenvalue weighted by Crippen LogP contribution is -2.40. The Morgan fingerprint density at radius 2 is 1.77 bits per heavy atom. The largest absolute Gasteiger partial charge is 0.356 e. The van der Waals surface area contributed by atoms with E-state index in [-0.39, 0.29) is 29.8 Å². The summed E-state index contributed by atoms with van der Waals surface area (Å²) in [7, 11) is 1.62. The predicted octanol–water partition coefficient (Wildman–Crippen LogP) is 4.17. The van der Waals surface area contributed by atoms with Crippen LogP contribution in [0.4, 0.5) is 0 Å². The molecule has 182 valence electrons. The van der Waals surface area contributed by atoms with Crippen LogP contribution in [-0.2, 0) is 6.54 Å². The summed E-state index contributed by atoms with van der Waals surface area (Å²) in [5.74, 6) is -0.225. The van der Waals surface area contributed by atoms with Gasteiger partial charge >= 0.3 is 0 Å². The summed E-state index contributed by atoms with van der Waals surface area (Å²) >= 11 is 0. The first-order valence-corrected chi connectivity index (χ1v) is 12.3. The van der Waals surface area contributed by atoms with Gasteiger partial charge in [-0.15, -0.1) is 0 Å². The van der Waals surface area contributed by atoms with Gasteiger partial charge in [0.05, 0.1) is 6.54 Å². The molecule has 5 rings (SSSR count). The highest BCUT2D eigenvalue weighted by Crippen LogP contribution is 2.34. The molecule has 0 saturated heterocycles. The Morgan fingerprint density at radius 3 is 2.49 bits per heavy atom. The smallest absolute Gasteiger partial charge is 0.259 e. The third-order valence-corrected chi connectivity index (χ3v) is 6.79.